The van der Waals surface area contributed by atoms with Crippen LogP contribution >= 0.6 is 15.9 Å². The maximum absolute atomic E-state index is 5.83. The monoisotopic (exact) mass is 326 g/mol. The van der Waals surface area contributed by atoms with Crippen molar-refractivity contribution in [2.45, 2.75) is 52.7 Å². The summed E-state index contributed by atoms with van der Waals surface area (Å²) in [6.07, 6.45) is 4.47. The van der Waals surface area contributed by atoms with Crippen LogP contribution in [0.4, 0.5) is 5.69 Å². The highest BCUT2D eigenvalue weighted by Crippen LogP contribution is 2.47. The lowest BCUT2D eigenvalue weighted by molar-refractivity contribution is -0.109. The molecule has 3 nitrogen and oxygen atoms in total. The predicted octanol–water partition coefficient (Wildman–Crippen LogP) is 4.16. The minimum absolute atomic E-state index is 0.219. The van der Waals surface area contributed by atoms with E-state index >= 15 is 0 Å². The molecule has 0 amide bonds. The third-order valence-corrected chi connectivity index (χ3v) is 5.30. The van der Waals surface area contributed by atoms with Crippen LogP contribution in [0.15, 0.2) is 16.9 Å². The number of aromatic nitrogens is 1. The molecule has 3 atom stereocenters. The van der Waals surface area contributed by atoms with E-state index in [-0.39, 0.29) is 5.41 Å². The van der Waals surface area contributed by atoms with Crippen molar-refractivity contribution in [3.05, 3.63) is 22.4 Å². The summed E-state index contributed by atoms with van der Waals surface area (Å²) in [6.45, 7) is 9.48. The van der Waals surface area contributed by atoms with Crippen molar-refractivity contribution in [3.63, 3.8) is 0 Å². The van der Waals surface area contributed by atoms with E-state index in [1.165, 1.54) is 0 Å². The lowest BCUT2D eigenvalue weighted by Gasteiger charge is -2.53. The van der Waals surface area contributed by atoms with Crippen LogP contribution in [0, 0.1) is 12.3 Å². The molecular weight excluding hydrogens is 304 g/mol. The molecule has 19 heavy (non-hydrogen) atoms. The van der Waals surface area contributed by atoms with Gasteiger partial charge in [-0.25, -0.2) is 4.98 Å². The Balaban J connectivity index is 2.05. The Morgan fingerprint density at radius 1 is 1.53 bits per heavy atom. The normalized spacial score (nSPS) is 29.9. The summed E-state index contributed by atoms with van der Waals surface area (Å²) >= 11 is 3.43. The minimum atomic E-state index is 0.219. The van der Waals surface area contributed by atoms with Gasteiger partial charge >= 0.3 is 0 Å². The molecule has 0 saturated heterocycles. The van der Waals surface area contributed by atoms with E-state index in [0.717, 1.165) is 35.3 Å². The molecule has 1 aliphatic rings. The average molecular weight is 327 g/mol. The first-order valence-electron chi connectivity index (χ1n) is 7.01. The average Bonchev–Trinajstić information content (AvgIpc) is 2.40. The van der Waals surface area contributed by atoms with Gasteiger partial charge in [0.2, 0.25) is 0 Å². The van der Waals surface area contributed by atoms with Gasteiger partial charge in [-0.2, -0.15) is 0 Å². The van der Waals surface area contributed by atoms with Crippen LogP contribution in [0.2, 0.25) is 0 Å². The quantitative estimate of drug-likeness (QED) is 0.825. The Morgan fingerprint density at radius 2 is 2.26 bits per heavy atom. The molecule has 3 unspecified atom stereocenters. The summed E-state index contributed by atoms with van der Waals surface area (Å²) in [5.41, 5.74) is 2.47. The van der Waals surface area contributed by atoms with Crippen molar-refractivity contribution in [2.75, 3.05) is 11.9 Å². The fourth-order valence-electron chi connectivity index (χ4n) is 2.81. The van der Waals surface area contributed by atoms with Crippen molar-refractivity contribution in [3.8, 4) is 0 Å². The number of pyridine rings is 1. The van der Waals surface area contributed by atoms with E-state index in [2.05, 4.69) is 60.0 Å². The Labute approximate surface area is 124 Å². The van der Waals surface area contributed by atoms with E-state index in [1.54, 1.807) is 0 Å². The van der Waals surface area contributed by atoms with Gasteiger partial charge in [-0.15, -0.1) is 0 Å². The Hall–Kier alpha value is -0.610. The fraction of sp³-hybridized carbons (Fsp3) is 0.667. The van der Waals surface area contributed by atoms with E-state index in [1.807, 2.05) is 6.20 Å². The molecule has 2 rings (SSSR count). The van der Waals surface area contributed by atoms with Crippen molar-refractivity contribution >= 4 is 21.6 Å². The van der Waals surface area contributed by atoms with Gasteiger partial charge in [0.25, 0.3) is 0 Å². The van der Waals surface area contributed by atoms with Crippen LogP contribution in [-0.2, 0) is 4.74 Å². The second-order valence-electron chi connectivity index (χ2n) is 5.57. The summed E-state index contributed by atoms with van der Waals surface area (Å²) in [7, 11) is 0. The van der Waals surface area contributed by atoms with Crippen molar-refractivity contribution in [1.82, 2.24) is 4.98 Å². The van der Waals surface area contributed by atoms with Gasteiger partial charge in [0.15, 0.2) is 0 Å². The zero-order valence-electron chi connectivity index (χ0n) is 12.2. The van der Waals surface area contributed by atoms with Crippen LogP contribution in [0.5, 0.6) is 0 Å². The van der Waals surface area contributed by atoms with Crippen LogP contribution in [-0.4, -0.2) is 23.7 Å². The number of anilines is 1. The molecule has 1 saturated carbocycles. The molecule has 0 bridgehead atoms. The molecule has 1 heterocycles. The Kier molecular flexibility index (Phi) is 4.51. The number of rotatable bonds is 5. The first-order chi connectivity index (χ1) is 9.01. The molecule has 0 aromatic carbocycles. The maximum Gasteiger partial charge on any atom is 0.109 e. The number of aryl methyl sites for hydroxylation is 1. The zero-order valence-corrected chi connectivity index (χ0v) is 13.8. The largest absolute Gasteiger partial charge is 0.380 e. The topological polar surface area (TPSA) is 34.1 Å². The van der Waals surface area contributed by atoms with E-state index in [4.69, 9.17) is 4.74 Å². The van der Waals surface area contributed by atoms with Gasteiger partial charge in [-0.05, 0) is 54.2 Å². The maximum atomic E-state index is 5.83. The number of nitrogens with one attached hydrogen (secondary N) is 1. The second kappa shape index (κ2) is 5.80. The van der Waals surface area contributed by atoms with Crippen molar-refractivity contribution < 1.29 is 4.74 Å². The lowest BCUT2D eigenvalue weighted by atomic mass is 9.61. The van der Waals surface area contributed by atoms with E-state index < -0.39 is 0 Å². The summed E-state index contributed by atoms with van der Waals surface area (Å²) in [5, 5.41) is 3.61. The molecule has 1 aromatic heterocycles. The molecule has 1 fully saturated rings. The molecule has 0 aliphatic heterocycles. The van der Waals surface area contributed by atoms with Crippen molar-refractivity contribution in [1.29, 1.82) is 0 Å². The molecular formula is C15H23BrN2O. The Morgan fingerprint density at radius 3 is 2.84 bits per heavy atom. The van der Waals surface area contributed by atoms with Gasteiger partial charge in [0.05, 0.1) is 18.0 Å². The number of hydrogen-bond donors (Lipinski definition) is 1. The highest BCUT2D eigenvalue weighted by molar-refractivity contribution is 9.10. The summed E-state index contributed by atoms with van der Waals surface area (Å²) in [6, 6.07) is 2.61. The molecule has 106 valence electrons. The zero-order chi connectivity index (χ0) is 14.0. The number of hydrogen-bond acceptors (Lipinski definition) is 3. The lowest BCUT2D eigenvalue weighted by Crippen LogP contribution is -2.59. The highest BCUT2D eigenvalue weighted by Gasteiger charge is 2.51. The highest BCUT2D eigenvalue weighted by atomic mass is 79.9. The van der Waals surface area contributed by atoms with Gasteiger partial charge in [-0.3, -0.25) is 0 Å². The number of nitrogens with zero attached hydrogens (tertiary/aromatic N) is 1. The van der Waals surface area contributed by atoms with Gasteiger partial charge in [-0.1, -0.05) is 13.8 Å². The predicted molar refractivity (Wildman–Crippen MR) is 82.5 cm³/mol. The molecule has 1 N–H and O–H groups in total. The third-order valence-electron chi connectivity index (χ3n) is 4.47. The SMILES string of the molecule is CCOC1CC(Nc2cnc(Br)c(C)c2)C1(C)CC. The van der Waals surface area contributed by atoms with Gasteiger partial charge in [0, 0.05) is 18.1 Å². The third kappa shape index (κ3) is 2.79. The summed E-state index contributed by atoms with van der Waals surface area (Å²) < 4.78 is 6.75. The molecule has 1 aliphatic carbocycles. The molecule has 0 radical (unpaired) electrons. The molecule has 4 heteroatoms. The smallest absolute Gasteiger partial charge is 0.109 e. The molecule has 1 aromatic rings. The summed E-state index contributed by atoms with van der Waals surface area (Å²) in [5.74, 6) is 0. The van der Waals surface area contributed by atoms with E-state index in [9.17, 15) is 0 Å². The van der Waals surface area contributed by atoms with Gasteiger partial charge < -0.3 is 10.1 Å². The Bertz CT molecular complexity index is 452. The second-order valence-corrected chi connectivity index (χ2v) is 6.32. The van der Waals surface area contributed by atoms with Crippen LogP contribution in [0.1, 0.15) is 39.2 Å². The number of ether oxygens (including phenoxy) is 1. The van der Waals surface area contributed by atoms with Gasteiger partial charge in [0.1, 0.15) is 4.60 Å². The summed E-state index contributed by atoms with van der Waals surface area (Å²) in [4.78, 5) is 4.34. The standard InChI is InChI=1S/C15H23BrN2O/c1-5-15(4)12(8-13(15)19-6-2)18-11-7-10(3)14(16)17-9-11/h7,9,12-13,18H,5-6,8H2,1-4H3. The van der Waals surface area contributed by atoms with Crippen LogP contribution in [0.3, 0.4) is 0 Å². The fourth-order valence-corrected chi connectivity index (χ4v) is 3.03. The number of halogens is 1. The molecule has 0 spiro atoms. The first-order valence-corrected chi connectivity index (χ1v) is 7.80. The van der Waals surface area contributed by atoms with E-state index in [0.29, 0.717) is 12.1 Å². The van der Waals surface area contributed by atoms with Crippen LogP contribution < -0.4 is 5.32 Å². The minimum Gasteiger partial charge on any atom is -0.380 e. The first kappa shape index (κ1) is 14.8. The van der Waals surface area contributed by atoms with Crippen molar-refractivity contribution in [2.24, 2.45) is 5.41 Å². The van der Waals surface area contributed by atoms with Crippen LogP contribution in [0.25, 0.3) is 0 Å².